The third-order valence-electron chi connectivity index (χ3n) is 2.66. The molecule has 0 saturated carbocycles. The first-order valence-electron chi connectivity index (χ1n) is 6.99. The Morgan fingerprint density at radius 3 is 2.48 bits per heavy atom. The minimum absolute atomic E-state index is 0.193. The number of H-pyrrole nitrogens is 1. The fourth-order valence-corrected chi connectivity index (χ4v) is 4.03. The van der Waals surface area contributed by atoms with Crippen LogP contribution in [-0.2, 0) is 9.59 Å². The number of nitrogens with two attached hydrogens (primary N) is 1. The van der Waals surface area contributed by atoms with Gasteiger partial charge in [-0.2, -0.15) is 10.2 Å². The number of carbonyl (C=O) groups excluding carboxylic acids is 2. The SMILES string of the molecule is C=NN/C(=N\N)[C@H](CSSC[C@H](NC(C)=O)c1nnn[nH]1)NC(C)=O. The number of aromatic amines is 1. The Bertz CT molecular complexity index is 594. The number of hydrazone groups is 2. The monoisotopic (exact) mass is 388 g/mol. The molecule has 6 N–H and O–H groups in total. The fourth-order valence-electron chi connectivity index (χ4n) is 1.69. The van der Waals surface area contributed by atoms with Crippen molar-refractivity contribution in [3.8, 4) is 0 Å². The minimum Gasteiger partial charge on any atom is -0.345 e. The van der Waals surface area contributed by atoms with E-state index in [-0.39, 0.29) is 23.7 Å². The number of nitrogens with zero attached hydrogens (tertiary/aromatic N) is 5. The van der Waals surface area contributed by atoms with E-state index in [0.717, 1.165) is 0 Å². The highest BCUT2D eigenvalue weighted by molar-refractivity contribution is 8.76. The molecule has 0 radical (unpaired) electrons. The average Bonchev–Trinajstić information content (AvgIpc) is 3.08. The summed E-state index contributed by atoms with van der Waals surface area (Å²) in [5.74, 6) is 6.60. The average molecular weight is 388 g/mol. The maximum Gasteiger partial charge on any atom is 0.217 e. The third kappa shape index (κ3) is 7.84. The van der Waals surface area contributed by atoms with Crippen LogP contribution < -0.4 is 21.9 Å². The van der Waals surface area contributed by atoms with Crippen molar-refractivity contribution in [3.63, 3.8) is 0 Å². The van der Waals surface area contributed by atoms with Crippen molar-refractivity contribution in [3.05, 3.63) is 5.82 Å². The Morgan fingerprint density at radius 2 is 1.96 bits per heavy atom. The van der Waals surface area contributed by atoms with Crippen LogP contribution in [0.2, 0.25) is 0 Å². The molecule has 12 nitrogen and oxygen atoms in total. The van der Waals surface area contributed by atoms with Crippen LogP contribution in [0, 0.1) is 0 Å². The van der Waals surface area contributed by atoms with Crippen LogP contribution in [-0.4, -0.2) is 62.5 Å². The smallest absolute Gasteiger partial charge is 0.217 e. The van der Waals surface area contributed by atoms with E-state index in [0.29, 0.717) is 17.3 Å². The number of carbonyl (C=O) groups is 2. The first kappa shape index (κ1) is 20.7. The second-order valence-corrected chi connectivity index (χ2v) is 7.20. The molecule has 0 aliphatic carbocycles. The summed E-state index contributed by atoms with van der Waals surface area (Å²) in [5, 5.41) is 26.0. The molecule has 2 amide bonds. The number of rotatable bonds is 10. The van der Waals surface area contributed by atoms with Crippen molar-refractivity contribution >= 4 is 46.0 Å². The van der Waals surface area contributed by atoms with Gasteiger partial charge in [0.15, 0.2) is 11.7 Å². The van der Waals surface area contributed by atoms with Gasteiger partial charge in [0, 0.05) is 32.1 Å². The molecule has 0 aliphatic rings. The normalized spacial score (nSPS) is 13.6. The van der Waals surface area contributed by atoms with Crippen LogP contribution in [0.15, 0.2) is 10.2 Å². The van der Waals surface area contributed by atoms with Gasteiger partial charge in [-0.1, -0.05) is 21.6 Å². The number of nitrogens with one attached hydrogen (secondary N) is 4. The molecule has 138 valence electrons. The van der Waals surface area contributed by atoms with Crippen molar-refractivity contribution in [2.75, 3.05) is 11.5 Å². The van der Waals surface area contributed by atoms with Crippen LogP contribution in [0.1, 0.15) is 25.7 Å². The van der Waals surface area contributed by atoms with Crippen LogP contribution in [0.25, 0.3) is 0 Å². The number of amidine groups is 1. The van der Waals surface area contributed by atoms with Crippen LogP contribution in [0.3, 0.4) is 0 Å². The minimum atomic E-state index is -0.461. The highest BCUT2D eigenvalue weighted by Crippen LogP contribution is 2.26. The van der Waals surface area contributed by atoms with Gasteiger partial charge in [-0.25, -0.2) is 5.10 Å². The molecule has 0 spiro atoms. The number of hydrogen-bond acceptors (Lipinski definition) is 10. The van der Waals surface area contributed by atoms with Crippen LogP contribution in [0.4, 0.5) is 0 Å². The summed E-state index contributed by atoms with van der Waals surface area (Å²) >= 11 is 0. The Kier molecular flexibility index (Phi) is 9.31. The molecule has 25 heavy (non-hydrogen) atoms. The van der Waals surface area contributed by atoms with E-state index in [1.807, 2.05) is 0 Å². The van der Waals surface area contributed by atoms with E-state index in [9.17, 15) is 9.59 Å². The molecule has 1 heterocycles. The zero-order valence-corrected chi connectivity index (χ0v) is 15.4. The molecule has 14 heteroatoms. The molecule has 1 aromatic rings. The predicted molar refractivity (Wildman–Crippen MR) is 97.6 cm³/mol. The Hall–Kier alpha value is -2.35. The molecule has 0 fully saturated rings. The summed E-state index contributed by atoms with van der Waals surface area (Å²) in [6.45, 7) is 6.11. The van der Waals surface area contributed by atoms with E-state index in [2.05, 4.69) is 53.6 Å². The van der Waals surface area contributed by atoms with Crippen molar-refractivity contribution in [1.82, 2.24) is 36.7 Å². The lowest BCUT2D eigenvalue weighted by atomic mass is 10.3. The fraction of sp³-hybridized carbons (Fsp3) is 0.545. The van der Waals surface area contributed by atoms with Crippen molar-refractivity contribution < 1.29 is 9.59 Å². The molecule has 0 aliphatic heterocycles. The summed E-state index contributed by atoms with van der Waals surface area (Å²) < 4.78 is 0. The standard InChI is InChI=1S/C11H20N10O2S2/c1-6(22)14-8(10(16-12)17-13-3)4-24-25-5-9(15-7(2)23)11-18-20-21-19-11/h8-9H,3-5,12H2,1-2H3,(H,14,22)(H,15,23)(H,16,17)(H,18,19,20,21)/t8-,9-/m0/s1. The zero-order valence-electron chi connectivity index (χ0n) is 13.7. The van der Waals surface area contributed by atoms with Gasteiger partial charge < -0.3 is 16.5 Å². The van der Waals surface area contributed by atoms with Crippen molar-refractivity contribution in [2.24, 2.45) is 16.0 Å². The number of aromatic nitrogens is 4. The van der Waals surface area contributed by atoms with Crippen molar-refractivity contribution in [1.29, 1.82) is 0 Å². The lowest BCUT2D eigenvalue weighted by Gasteiger charge is -2.19. The summed E-state index contributed by atoms with van der Waals surface area (Å²) in [7, 11) is 2.92. The van der Waals surface area contributed by atoms with Gasteiger partial charge in [0.2, 0.25) is 11.8 Å². The second-order valence-electron chi connectivity index (χ2n) is 4.65. The molecule has 2 atom stereocenters. The quantitative estimate of drug-likeness (QED) is 0.0817. The number of amides is 2. The van der Waals surface area contributed by atoms with Gasteiger partial charge >= 0.3 is 0 Å². The lowest BCUT2D eigenvalue weighted by Crippen LogP contribution is -2.46. The predicted octanol–water partition coefficient (Wildman–Crippen LogP) is -1.26. The van der Waals surface area contributed by atoms with E-state index in [1.54, 1.807) is 0 Å². The topological polar surface area (TPSA) is 175 Å². The summed E-state index contributed by atoms with van der Waals surface area (Å²) in [6, 6.07) is -0.823. The summed E-state index contributed by atoms with van der Waals surface area (Å²) in [4.78, 5) is 22.6. The van der Waals surface area contributed by atoms with Gasteiger partial charge in [0.25, 0.3) is 0 Å². The zero-order chi connectivity index (χ0) is 18.7. The molecule has 0 aromatic carbocycles. The second kappa shape index (κ2) is 11.2. The molecule has 0 saturated heterocycles. The van der Waals surface area contributed by atoms with E-state index in [1.165, 1.54) is 35.4 Å². The molecule has 1 aromatic heterocycles. The van der Waals surface area contributed by atoms with Gasteiger partial charge in [0.1, 0.15) is 6.04 Å². The molecular weight excluding hydrogens is 368 g/mol. The van der Waals surface area contributed by atoms with E-state index < -0.39 is 6.04 Å². The lowest BCUT2D eigenvalue weighted by molar-refractivity contribution is -0.120. The summed E-state index contributed by atoms with van der Waals surface area (Å²) in [5.41, 5.74) is 2.55. The molecular formula is C11H20N10O2S2. The molecule has 0 bridgehead atoms. The Balaban J connectivity index is 2.57. The van der Waals surface area contributed by atoms with Gasteiger partial charge in [0.05, 0.1) is 6.04 Å². The molecule has 1 rings (SSSR count). The Labute approximate surface area is 152 Å². The molecule has 0 unspecified atom stereocenters. The first-order chi connectivity index (χ1) is 12.0. The van der Waals surface area contributed by atoms with Crippen LogP contribution >= 0.6 is 21.6 Å². The number of hydrogen-bond donors (Lipinski definition) is 5. The summed E-state index contributed by atoms with van der Waals surface area (Å²) in [6.07, 6.45) is 0. The maximum absolute atomic E-state index is 11.3. The van der Waals surface area contributed by atoms with Gasteiger partial charge in [-0.15, -0.1) is 5.10 Å². The van der Waals surface area contributed by atoms with Crippen molar-refractivity contribution in [2.45, 2.75) is 25.9 Å². The largest absolute Gasteiger partial charge is 0.345 e. The van der Waals surface area contributed by atoms with Gasteiger partial charge in [-0.3, -0.25) is 15.0 Å². The van der Waals surface area contributed by atoms with Gasteiger partial charge in [-0.05, 0) is 10.4 Å². The van der Waals surface area contributed by atoms with Crippen LogP contribution in [0.5, 0.6) is 0 Å². The third-order valence-corrected chi connectivity index (χ3v) is 5.08. The first-order valence-corrected chi connectivity index (χ1v) is 9.48. The highest BCUT2D eigenvalue weighted by Gasteiger charge is 2.20. The van der Waals surface area contributed by atoms with E-state index >= 15 is 0 Å². The Morgan fingerprint density at radius 1 is 1.28 bits per heavy atom. The maximum atomic E-state index is 11.3. The van der Waals surface area contributed by atoms with E-state index in [4.69, 9.17) is 5.84 Å². The number of tetrazole rings is 1. The highest BCUT2D eigenvalue weighted by atomic mass is 33.1.